The van der Waals surface area contributed by atoms with Gasteiger partial charge in [0.1, 0.15) is 5.75 Å². The van der Waals surface area contributed by atoms with E-state index in [9.17, 15) is 13.6 Å². The molecule has 1 N–H and O–H groups in total. The Labute approximate surface area is 134 Å². The third kappa shape index (κ3) is 4.77. The molecule has 2 aromatic rings. The van der Waals surface area contributed by atoms with Gasteiger partial charge < -0.3 is 10.1 Å². The Morgan fingerprint density at radius 3 is 2.35 bits per heavy atom. The lowest BCUT2D eigenvalue weighted by atomic mass is 9.95. The maximum atomic E-state index is 12.4. The van der Waals surface area contributed by atoms with Crippen LogP contribution in [-0.4, -0.2) is 12.5 Å². The van der Waals surface area contributed by atoms with Crippen molar-refractivity contribution >= 4 is 5.91 Å². The minimum Gasteiger partial charge on any atom is -0.435 e. The number of carbonyl (C=O) groups is 1. The van der Waals surface area contributed by atoms with Gasteiger partial charge in [0.2, 0.25) is 0 Å². The van der Waals surface area contributed by atoms with Crippen molar-refractivity contribution in [3.8, 4) is 5.75 Å². The summed E-state index contributed by atoms with van der Waals surface area (Å²) in [5, 5.41) is 2.95. The Kier molecular flexibility index (Phi) is 5.68. The van der Waals surface area contributed by atoms with Crippen molar-refractivity contribution in [1.82, 2.24) is 5.32 Å². The largest absolute Gasteiger partial charge is 0.435 e. The Balaban J connectivity index is 2.16. The van der Waals surface area contributed by atoms with Gasteiger partial charge in [-0.2, -0.15) is 8.78 Å². The van der Waals surface area contributed by atoms with Gasteiger partial charge >= 0.3 is 6.61 Å². The van der Waals surface area contributed by atoms with Crippen LogP contribution < -0.4 is 10.1 Å². The van der Waals surface area contributed by atoms with Crippen LogP contribution in [0.5, 0.6) is 5.75 Å². The third-order valence-electron chi connectivity index (χ3n) is 3.43. The number of benzene rings is 2. The first-order chi connectivity index (χ1) is 11.0. The number of hydrogen-bond donors (Lipinski definition) is 1. The molecule has 0 aromatic heterocycles. The second kappa shape index (κ2) is 7.72. The van der Waals surface area contributed by atoms with Crippen LogP contribution in [0.3, 0.4) is 0 Å². The average molecular weight is 319 g/mol. The Bertz CT molecular complexity index is 644. The lowest BCUT2D eigenvalue weighted by molar-refractivity contribution is -0.0498. The monoisotopic (exact) mass is 319 g/mol. The second-order valence-electron chi connectivity index (χ2n) is 5.51. The first kappa shape index (κ1) is 16.9. The normalized spacial score (nSPS) is 12.3. The second-order valence-corrected chi connectivity index (χ2v) is 5.51. The van der Waals surface area contributed by atoms with Crippen molar-refractivity contribution in [3.05, 3.63) is 65.7 Å². The predicted octanol–water partition coefficient (Wildman–Crippen LogP) is 4.42. The van der Waals surface area contributed by atoms with Crippen molar-refractivity contribution in [1.29, 1.82) is 0 Å². The predicted molar refractivity (Wildman–Crippen MR) is 84.6 cm³/mol. The van der Waals surface area contributed by atoms with E-state index in [0.717, 1.165) is 5.56 Å². The molecule has 0 fully saturated rings. The molecule has 0 saturated heterocycles. The van der Waals surface area contributed by atoms with Gasteiger partial charge in [-0.05, 0) is 29.7 Å². The number of halogens is 2. The number of carbonyl (C=O) groups excluding carboxylic acids is 1. The average Bonchev–Trinajstić information content (AvgIpc) is 2.52. The fraction of sp³-hybridized carbons (Fsp3) is 0.278. The van der Waals surface area contributed by atoms with Gasteiger partial charge in [0.15, 0.2) is 0 Å². The summed E-state index contributed by atoms with van der Waals surface area (Å²) < 4.78 is 28.9. The van der Waals surface area contributed by atoms with E-state index in [2.05, 4.69) is 10.1 Å². The summed E-state index contributed by atoms with van der Waals surface area (Å²) in [6.07, 6.45) is 0. The summed E-state index contributed by atoms with van der Waals surface area (Å²) in [4.78, 5) is 12.4. The zero-order chi connectivity index (χ0) is 16.8. The van der Waals surface area contributed by atoms with E-state index in [1.807, 2.05) is 44.2 Å². The lowest BCUT2D eigenvalue weighted by Crippen LogP contribution is -2.31. The highest BCUT2D eigenvalue weighted by atomic mass is 19.3. The van der Waals surface area contributed by atoms with Crippen LogP contribution in [0.1, 0.15) is 35.8 Å². The summed E-state index contributed by atoms with van der Waals surface area (Å²) in [6.45, 7) is 1.10. The molecule has 0 radical (unpaired) electrons. The smallest absolute Gasteiger partial charge is 0.387 e. The summed E-state index contributed by atoms with van der Waals surface area (Å²) in [5.41, 5.74) is 1.28. The number of alkyl halides is 2. The summed E-state index contributed by atoms with van der Waals surface area (Å²) in [6, 6.07) is 15.2. The third-order valence-corrected chi connectivity index (χ3v) is 3.43. The molecule has 0 bridgehead atoms. The highest BCUT2D eigenvalue weighted by Crippen LogP contribution is 2.23. The SMILES string of the molecule is CC(C)C(NC(=O)c1cccc(OC(F)F)c1)c1ccccc1. The van der Waals surface area contributed by atoms with Crippen molar-refractivity contribution in [2.45, 2.75) is 26.5 Å². The Morgan fingerprint density at radius 1 is 1.04 bits per heavy atom. The van der Waals surface area contributed by atoms with E-state index in [4.69, 9.17) is 0 Å². The van der Waals surface area contributed by atoms with E-state index in [1.54, 1.807) is 6.07 Å². The number of ether oxygens (including phenoxy) is 1. The van der Waals surface area contributed by atoms with Crippen LogP contribution in [0.25, 0.3) is 0 Å². The van der Waals surface area contributed by atoms with E-state index in [-0.39, 0.29) is 29.2 Å². The molecular formula is C18H19F2NO2. The first-order valence-electron chi connectivity index (χ1n) is 7.38. The minimum absolute atomic E-state index is 0.0338. The summed E-state index contributed by atoms with van der Waals surface area (Å²) in [7, 11) is 0. The molecule has 0 aliphatic heterocycles. The molecule has 1 amide bonds. The molecule has 0 saturated carbocycles. The van der Waals surface area contributed by atoms with Gasteiger partial charge in [0, 0.05) is 5.56 Å². The Morgan fingerprint density at radius 2 is 1.74 bits per heavy atom. The molecule has 0 spiro atoms. The van der Waals surface area contributed by atoms with Gasteiger partial charge in [0.25, 0.3) is 5.91 Å². The highest BCUT2D eigenvalue weighted by molar-refractivity contribution is 5.94. The van der Waals surface area contributed by atoms with Crippen LogP contribution >= 0.6 is 0 Å². The summed E-state index contributed by atoms with van der Waals surface area (Å²) >= 11 is 0. The first-order valence-corrected chi connectivity index (χ1v) is 7.38. The standard InChI is InChI=1S/C18H19F2NO2/c1-12(2)16(13-7-4-3-5-8-13)21-17(22)14-9-6-10-15(11-14)23-18(19)20/h3-12,16,18H,1-2H3,(H,21,22). The summed E-state index contributed by atoms with van der Waals surface area (Å²) in [5.74, 6) is -0.178. The Hall–Kier alpha value is -2.43. The van der Waals surface area contributed by atoms with E-state index < -0.39 is 6.61 Å². The molecule has 0 aliphatic carbocycles. The van der Waals surface area contributed by atoms with Gasteiger partial charge in [-0.3, -0.25) is 4.79 Å². The van der Waals surface area contributed by atoms with Crippen LogP contribution in [0.4, 0.5) is 8.78 Å². The fourth-order valence-corrected chi connectivity index (χ4v) is 2.33. The van der Waals surface area contributed by atoms with Gasteiger partial charge in [-0.25, -0.2) is 0 Å². The highest BCUT2D eigenvalue weighted by Gasteiger charge is 2.19. The van der Waals surface area contributed by atoms with E-state index in [1.165, 1.54) is 18.2 Å². The van der Waals surface area contributed by atoms with Crippen molar-refractivity contribution < 1.29 is 18.3 Å². The van der Waals surface area contributed by atoms with Crippen LogP contribution in [0.2, 0.25) is 0 Å². The maximum absolute atomic E-state index is 12.4. The quantitative estimate of drug-likeness (QED) is 0.856. The molecule has 122 valence electrons. The molecule has 1 atom stereocenters. The van der Waals surface area contributed by atoms with Crippen LogP contribution in [0.15, 0.2) is 54.6 Å². The molecule has 5 heteroatoms. The zero-order valence-corrected chi connectivity index (χ0v) is 13.0. The van der Waals surface area contributed by atoms with Gasteiger partial charge in [-0.1, -0.05) is 50.2 Å². The number of rotatable bonds is 6. The van der Waals surface area contributed by atoms with Crippen molar-refractivity contribution in [2.75, 3.05) is 0 Å². The molecule has 2 rings (SSSR count). The molecule has 0 aliphatic rings. The van der Waals surface area contributed by atoms with Crippen LogP contribution in [0, 0.1) is 5.92 Å². The molecule has 23 heavy (non-hydrogen) atoms. The van der Waals surface area contributed by atoms with Crippen molar-refractivity contribution in [3.63, 3.8) is 0 Å². The molecule has 0 heterocycles. The van der Waals surface area contributed by atoms with Gasteiger partial charge in [0.05, 0.1) is 6.04 Å². The minimum atomic E-state index is -2.92. The van der Waals surface area contributed by atoms with E-state index in [0.29, 0.717) is 0 Å². The maximum Gasteiger partial charge on any atom is 0.387 e. The lowest BCUT2D eigenvalue weighted by Gasteiger charge is -2.23. The fourth-order valence-electron chi connectivity index (χ4n) is 2.33. The van der Waals surface area contributed by atoms with Crippen molar-refractivity contribution in [2.24, 2.45) is 5.92 Å². The number of hydrogen-bond acceptors (Lipinski definition) is 2. The number of nitrogens with one attached hydrogen (secondary N) is 1. The van der Waals surface area contributed by atoms with Crippen LogP contribution in [-0.2, 0) is 0 Å². The number of amides is 1. The molecule has 3 nitrogen and oxygen atoms in total. The van der Waals surface area contributed by atoms with E-state index >= 15 is 0 Å². The topological polar surface area (TPSA) is 38.3 Å². The molecule has 2 aromatic carbocycles. The van der Waals surface area contributed by atoms with Gasteiger partial charge in [-0.15, -0.1) is 0 Å². The zero-order valence-electron chi connectivity index (χ0n) is 13.0. The molecule has 1 unspecified atom stereocenters. The molecular weight excluding hydrogens is 300 g/mol.